The van der Waals surface area contributed by atoms with E-state index in [-0.39, 0.29) is 0 Å². The Morgan fingerprint density at radius 3 is 2.88 bits per heavy atom. The van der Waals surface area contributed by atoms with Crippen molar-refractivity contribution in [3.8, 4) is 5.75 Å². The second kappa shape index (κ2) is 6.25. The van der Waals surface area contributed by atoms with Gasteiger partial charge < -0.3 is 9.84 Å². The first kappa shape index (κ1) is 13.5. The third-order valence-electron chi connectivity index (χ3n) is 1.87. The zero-order valence-corrected chi connectivity index (χ0v) is 11.0. The number of para-hydroxylation sites is 1. The summed E-state index contributed by atoms with van der Waals surface area (Å²) in [6, 6.07) is 5.45. The van der Waals surface area contributed by atoms with E-state index in [2.05, 4.69) is 22.5 Å². The molecule has 0 unspecified atom stereocenters. The summed E-state index contributed by atoms with van der Waals surface area (Å²) in [6.45, 7) is 6.02. The van der Waals surface area contributed by atoms with Crippen LogP contribution in [-0.4, -0.2) is 17.7 Å². The van der Waals surface area contributed by atoms with E-state index in [9.17, 15) is 4.79 Å². The minimum absolute atomic E-state index is 0.399. The van der Waals surface area contributed by atoms with Crippen LogP contribution in [0.2, 0.25) is 0 Å². The predicted molar refractivity (Wildman–Crippen MR) is 71.1 cm³/mol. The molecule has 17 heavy (non-hydrogen) atoms. The molecule has 0 amide bonds. The Labute approximate surface area is 109 Å². The molecule has 4 heteroatoms. The molecule has 0 aromatic heterocycles. The molecule has 0 saturated heterocycles. The third-order valence-corrected chi connectivity index (χ3v) is 2.49. The molecule has 1 rings (SSSR count). The summed E-state index contributed by atoms with van der Waals surface area (Å²) in [5.74, 6) is -0.371. The number of carboxylic acid groups (broad SMARTS) is 1. The molecule has 0 bridgehead atoms. The van der Waals surface area contributed by atoms with Gasteiger partial charge in [-0.2, -0.15) is 0 Å². The van der Waals surface area contributed by atoms with E-state index in [1.807, 2.05) is 19.1 Å². The van der Waals surface area contributed by atoms with E-state index >= 15 is 0 Å². The van der Waals surface area contributed by atoms with Crippen molar-refractivity contribution in [3.63, 3.8) is 0 Å². The number of ether oxygens (including phenoxy) is 1. The van der Waals surface area contributed by atoms with E-state index in [0.29, 0.717) is 17.9 Å². The van der Waals surface area contributed by atoms with Crippen LogP contribution in [-0.2, 0) is 4.79 Å². The lowest BCUT2D eigenvalue weighted by molar-refractivity contribution is -0.131. The van der Waals surface area contributed by atoms with Gasteiger partial charge in [0.15, 0.2) is 0 Å². The van der Waals surface area contributed by atoms with Crippen molar-refractivity contribution in [1.29, 1.82) is 0 Å². The number of carbonyl (C=O) groups is 1. The van der Waals surface area contributed by atoms with Crippen LogP contribution >= 0.6 is 15.9 Å². The highest BCUT2D eigenvalue weighted by Crippen LogP contribution is 2.30. The van der Waals surface area contributed by atoms with E-state index in [4.69, 9.17) is 9.84 Å². The smallest absolute Gasteiger partial charge is 0.328 e. The standard InChI is InChI=1S/C13H13BrO3/c1-9(2)8-17-13-10(6-7-12(15)16)4-3-5-11(13)14/h3-7H,1,8H2,2H3,(H,15,16). The first-order valence-corrected chi connectivity index (χ1v) is 5.76. The molecular formula is C13H13BrO3. The maximum Gasteiger partial charge on any atom is 0.328 e. The van der Waals surface area contributed by atoms with Crippen LogP contribution in [0.5, 0.6) is 5.75 Å². The van der Waals surface area contributed by atoms with Gasteiger partial charge in [0.1, 0.15) is 12.4 Å². The lowest BCUT2D eigenvalue weighted by atomic mass is 10.2. The highest BCUT2D eigenvalue weighted by molar-refractivity contribution is 9.10. The summed E-state index contributed by atoms with van der Waals surface area (Å²) in [4.78, 5) is 10.5. The average molecular weight is 297 g/mol. The summed E-state index contributed by atoms with van der Waals surface area (Å²) in [5.41, 5.74) is 1.61. The number of carboxylic acids is 1. The molecule has 0 atom stereocenters. The zero-order chi connectivity index (χ0) is 12.8. The first-order chi connectivity index (χ1) is 8.00. The highest BCUT2D eigenvalue weighted by Gasteiger charge is 2.06. The maximum atomic E-state index is 10.5. The molecule has 1 aromatic carbocycles. The summed E-state index contributed by atoms with van der Waals surface area (Å²) >= 11 is 3.37. The molecule has 0 fully saturated rings. The van der Waals surface area contributed by atoms with Crippen LogP contribution in [0.3, 0.4) is 0 Å². The number of hydrogen-bond donors (Lipinski definition) is 1. The molecule has 0 aliphatic carbocycles. The number of aliphatic carboxylic acids is 1. The summed E-state index contributed by atoms with van der Waals surface area (Å²) in [6.07, 6.45) is 2.58. The Balaban J connectivity index is 2.99. The van der Waals surface area contributed by atoms with Crippen molar-refractivity contribution in [2.24, 2.45) is 0 Å². The minimum atomic E-state index is -0.990. The van der Waals surface area contributed by atoms with Crippen LogP contribution in [0.25, 0.3) is 6.08 Å². The SMILES string of the molecule is C=C(C)COc1c(Br)cccc1C=CC(=O)O. The molecule has 1 aromatic rings. The average Bonchev–Trinajstić information content (AvgIpc) is 2.24. The van der Waals surface area contributed by atoms with E-state index < -0.39 is 5.97 Å². The van der Waals surface area contributed by atoms with Crippen molar-refractivity contribution >= 4 is 28.0 Å². The number of rotatable bonds is 5. The fourth-order valence-corrected chi connectivity index (χ4v) is 1.66. The van der Waals surface area contributed by atoms with Crippen LogP contribution in [0.15, 0.2) is 40.9 Å². The molecule has 0 heterocycles. The number of halogens is 1. The first-order valence-electron chi connectivity index (χ1n) is 4.97. The van der Waals surface area contributed by atoms with Crippen LogP contribution in [0.1, 0.15) is 12.5 Å². The van der Waals surface area contributed by atoms with Gasteiger partial charge in [0.25, 0.3) is 0 Å². The molecule has 3 nitrogen and oxygen atoms in total. The van der Waals surface area contributed by atoms with Gasteiger partial charge in [-0.1, -0.05) is 18.7 Å². The molecule has 0 radical (unpaired) electrons. The van der Waals surface area contributed by atoms with Crippen molar-refractivity contribution in [2.75, 3.05) is 6.61 Å². The monoisotopic (exact) mass is 296 g/mol. The van der Waals surface area contributed by atoms with Crippen molar-refractivity contribution in [2.45, 2.75) is 6.92 Å². The summed E-state index contributed by atoms with van der Waals surface area (Å²) in [5, 5.41) is 8.60. The highest BCUT2D eigenvalue weighted by atomic mass is 79.9. The second-order valence-corrected chi connectivity index (χ2v) is 4.43. The topological polar surface area (TPSA) is 46.5 Å². The molecule has 0 aliphatic rings. The quantitative estimate of drug-likeness (QED) is 0.668. The molecule has 0 saturated carbocycles. The van der Waals surface area contributed by atoms with Gasteiger partial charge in [-0.05, 0) is 40.6 Å². The summed E-state index contributed by atoms with van der Waals surface area (Å²) < 4.78 is 6.35. The van der Waals surface area contributed by atoms with Crippen molar-refractivity contribution in [1.82, 2.24) is 0 Å². The van der Waals surface area contributed by atoms with E-state index in [0.717, 1.165) is 16.1 Å². The molecule has 0 spiro atoms. The molecule has 0 aliphatic heterocycles. The largest absolute Gasteiger partial charge is 0.487 e. The Morgan fingerprint density at radius 1 is 1.59 bits per heavy atom. The zero-order valence-electron chi connectivity index (χ0n) is 9.44. The Bertz CT molecular complexity index is 464. The van der Waals surface area contributed by atoms with Crippen molar-refractivity contribution in [3.05, 3.63) is 46.5 Å². The van der Waals surface area contributed by atoms with Crippen LogP contribution < -0.4 is 4.74 Å². The Morgan fingerprint density at radius 2 is 2.29 bits per heavy atom. The summed E-state index contributed by atoms with van der Waals surface area (Å²) in [7, 11) is 0. The van der Waals surface area contributed by atoms with Gasteiger partial charge in [-0.25, -0.2) is 4.79 Å². The van der Waals surface area contributed by atoms with E-state index in [1.165, 1.54) is 6.08 Å². The Hall–Kier alpha value is -1.55. The molecule has 1 N–H and O–H groups in total. The van der Waals surface area contributed by atoms with Gasteiger partial charge in [-0.3, -0.25) is 0 Å². The van der Waals surface area contributed by atoms with Crippen molar-refractivity contribution < 1.29 is 14.6 Å². The number of hydrogen-bond acceptors (Lipinski definition) is 2. The van der Waals surface area contributed by atoms with Gasteiger partial charge in [-0.15, -0.1) is 0 Å². The lowest BCUT2D eigenvalue weighted by Gasteiger charge is -2.10. The molecule has 90 valence electrons. The minimum Gasteiger partial charge on any atom is -0.487 e. The molecular weight excluding hydrogens is 284 g/mol. The third kappa shape index (κ3) is 4.44. The van der Waals surface area contributed by atoms with Gasteiger partial charge in [0.05, 0.1) is 4.47 Å². The Kier molecular flexibility index (Phi) is 4.97. The predicted octanol–water partition coefficient (Wildman–Crippen LogP) is 3.50. The fraction of sp³-hybridized carbons (Fsp3) is 0.154. The van der Waals surface area contributed by atoms with Crippen LogP contribution in [0, 0.1) is 0 Å². The second-order valence-electron chi connectivity index (χ2n) is 3.58. The van der Waals surface area contributed by atoms with Gasteiger partial charge >= 0.3 is 5.97 Å². The lowest BCUT2D eigenvalue weighted by Crippen LogP contribution is -2.00. The van der Waals surface area contributed by atoms with Gasteiger partial charge in [0, 0.05) is 11.6 Å². The van der Waals surface area contributed by atoms with E-state index in [1.54, 1.807) is 6.07 Å². The van der Waals surface area contributed by atoms with Gasteiger partial charge in [0.2, 0.25) is 0 Å². The maximum absolute atomic E-state index is 10.5. The van der Waals surface area contributed by atoms with Crippen LogP contribution in [0.4, 0.5) is 0 Å². The normalized spacial score (nSPS) is 10.5. The fourth-order valence-electron chi connectivity index (χ4n) is 1.17. The number of benzene rings is 1.